The molecule has 1 aromatic rings. The number of carbonyl (C=O) groups excluding carboxylic acids is 1. The third-order valence-corrected chi connectivity index (χ3v) is 3.61. The molecule has 2 rings (SSSR count). The standard InChI is InChI=1S/C16H22O/c1-2-3-9-15(16(17)14-10-11-14)12-13-7-5-4-6-8-13/h4-8,14-15H,2-3,9-12H2,1H3. The van der Waals surface area contributed by atoms with Crippen LogP contribution in [0.1, 0.15) is 44.6 Å². The van der Waals surface area contributed by atoms with Crippen LogP contribution in [0.3, 0.4) is 0 Å². The maximum Gasteiger partial charge on any atom is 0.139 e. The van der Waals surface area contributed by atoms with Gasteiger partial charge in [0.25, 0.3) is 0 Å². The molecule has 0 aromatic heterocycles. The Labute approximate surface area is 104 Å². The third kappa shape index (κ3) is 3.69. The van der Waals surface area contributed by atoms with Crippen LogP contribution >= 0.6 is 0 Å². The highest BCUT2D eigenvalue weighted by molar-refractivity contribution is 5.85. The second-order valence-electron chi connectivity index (χ2n) is 5.21. The zero-order valence-corrected chi connectivity index (χ0v) is 10.7. The van der Waals surface area contributed by atoms with Crippen molar-refractivity contribution < 1.29 is 4.79 Å². The van der Waals surface area contributed by atoms with Gasteiger partial charge in [0.05, 0.1) is 0 Å². The van der Waals surface area contributed by atoms with Gasteiger partial charge in [-0.2, -0.15) is 0 Å². The second-order valence-corrected chi connectivity index (χ2v) is 5.21. The summed E-state index contributed by atoms with van der Waals surface area (Å²) in [5.41, 5.74) is 1.31. The van der Waals surface area contributed by atoms with Crippen LogP contribution in [-0.2, 0) is 11.2 Å². The van der Waals surface area contributed by atoms with E-state index in [4.69, 9.17) is 0 Å². The summed E-state index contributed by atoms with van der Waals surface area (Å²) in [6, 6.07) is 10.4. The summed E-state index contributed by atoms with van der Waals surface area (Å²) in [6.45, 7) is 2.20. The smallest absolute Gasteiger partial charge is 0.139 e. The molecule has 1 fully saturated rings. The normalized spacial score (nSPS) is 16.8. The molecule has 17 heavy (non-hydrogen) atoms. The van der Waals surface area contributed by atoms with Gasteiger partial charge in [-0.25, -0.2) is 0 Å². The van der Waals surface area contributed by atoms with Crippen LogP contribution in [0.15, 0.2) is 30.3 Å². The van der Waals surface area contributed by atoms with Gasteiger partial charge >= 0.3 is 0 Å². The van der Waals surface area contributed by atoms with Crippen LogP contribution in [0.2, 0.25) is 0 Å². The van der Waals surface area contributed by atoms with Crippen molar-refractivity contribution >= 4 is 5.78 Å². The molecule has 0 heterocycles. The molecule has 1 atom stereocenters. The van der Waals surface area contributed by atoms with Crippen molar-refractivity contribution in [3.8, 4) is 0 Å². The lowest BCUT2D eigenvalue weighted by atomic mass is 9.88. The van der Waals surface area contributed by atoms with Gasteiger partial charge in [0, 0.05) is 11.8 Å². The number of ketones is 1. The van der Waals surface area contributed by atoms with Crippen molar-refractivity contribution in [2.75, 3.05) is 0 Å². The molecule has 0 aliphatic heterocycles. The fourth-order valence-corrected chi connectivity index (χ4v) is 2.40. The average molecular weight is 230 g/mol. The number of unbranched alkanes of at least 4 members (excludes halogenated alkanes) is 1. The van der Waals surface area contributed by atoms with Crippen molar-refractivity contribution in [2.24, 2.45) is 11.8 Å². The highest BCUT2D eigenvalue weighted by atomic mass is 16.1. The quantitative estimate of drug-likeness (QED) is 0.691. The summed E-state index contributed by atoms with van der Waals surface area (Å²) in [5.74, 6) is 1.20. The number of hydrogen-bond acceptors (Lipinski definition) is 1. The maximum absolute atomic E-state index is 12.2. The lowest BCUT2D eigenvalue weighted by Gasteiger charge is -2.15. The molecule has 1 heteroatoms. The van der Waals surface area contributed by atoms with E-state index >= 15 is 0 Å². The Kier molecular flexibility index (Phi) is 4.36. The van der Waals surface area contributed by atoms with Crippen LogP contribution < -0.4 is 0 Å². The zero-order valence-electron chi connectivity index (χ0n) is 10.7. The van der Waals surface area contributed by atoms with Crippen LogP contribution in [-0.4, -0.2) is 5.78 Å². The molecule has 0 spiro atoms. The molecule has 0 bridgehead atoms. The van der Waals surface area contributed by atoms with E-state index in [2.05, 4.69) is 31.2 Å². The predicted molar refractivity (Wildman–Crippen MR) is 70.9 cm³/mol. The summed E-state index contributed by atoms with van der Waals surface area (Å²) >= 11 is 0. The van der Waals surface area contributed by atoms with E-state index in [1.807, 2.05) is 6.07 Å². The minimum atomic E-state index is 0.268. The van der Waals surface area contributed by atoms with Gasteiger partial charge in [-0.15, -0.1) is 0 Å². The first kappa shape index (κ1) is 12.3. The Morgan fingerprint density at radius 3 is 2.59 bits per heavy atom. The number of rotatable bonds is 7. The fourth-order valence-electron chi connectivity index (χ4n) is 2.40. The van der Waals surface area contributed by atoms with E-state index in [1.54, 1.807) is 0 Å². The monoisotopic (exact) mass is 230 g/mol. The molecule has 0 N–H and O–H groups in total. The molecule has 1 aliphatic carbocycles. The summed E-state index contributed by atoms with van der Waals surface area (Å²) in [5, 5.41) is 0. The molecule has 1 unspecified atom stereocenters. The first-order valence-corrected chi connectivity index (χ1v) is 6.89. The molecule has 1 aliphatic rings. The van der Waals surface area contributed by atoms with Gasteiger partial charge in [0.15, 0.2) is 0 Å². The summed E-state index contributed by atoms with van der Waals surface area (Å²) in [6.07, 6.45) is 6.64. The van der Waals surface area contributed by atoms with Crippen molar-refractivity contribution in [3.05, 3.63) is 35.9 Å². The molecule has 1 nitrogen and oxygen atoms in total. The summed E-state index contributed by atoms with van der Waals surface area (Å²) < 4.78 is 0. The maximum atomic E-state index is 12.2. The van der Waals surface area contributed by atoms with E-state index in [1.165, 1.54) is 18.4 Å². The Bertz CT molecular complexity index is 351. The van der Waals surface area contributed by atoms with Crippen LogP contribution in [0, 0.1) is 11.8 Å². The molecule has 1 aromatic carbocycles. The molecule has 92 valence electrons. The first-order chi connectivity index (χ1) is 8.31. The predicted octanol–water partition coefficient (Wildman–Crippen LogP) is 4.01. The van der Waals surface area contributed by atoms with E-state index < -0.39 is 0 Å². The SMILES string of the molecule is CCCCC(Cc1ccccc1)C(=O)C1CC1. The average Bonchev–Trinajstić information content (AvgIpc) is 3.19. The highest BCUT2D eigenvalue weighted by Gasteiger charge is 2.34. The molecule has 0 amide bonds. The van der Waals surface area contributed by atoms with Gasteiger partial charge in [0.2, 0.25) is 0 Å². The van der Waals surface area contributed by atoms with Gasteiger partial charge in [0.1, 0.15) is 5.78 Å². The lowest BCUT2D eigenvalue weighted by Crippen LogP contribution is -2.19. The molecular formula is C16H22O. The number of Topliss-reactive ketones (excluding diaryl/α,β-unsaturated/α-hetero) is 1. The number of carbonyl (C=O) groups is 1. The van der Waals surface area contributed by atoms with E-state index in [0.29, 0.717) is 11.7 Å². The molecule has 0 saturated heterocycles. The van der Waals surface area contributed by atoms with Gasteiger partial charge < -0.3 is 0 Å². The van der Waals surface area contributed by atoms with Crippen molar-refractivity contribution in [1.82, 2.24) is 0 Å². The summed E-state index contributed by atoms with van der Waals surface area (Å²) in [7, 11) is 0. The van der Waals surface area contributed by atoms with Crippen LogP contribution in [0.4, 0.5) is 0 Å². The van der Waals surface area contributed by atoms with Crippen molar-refractivity contribution in [3.63, 3.8) is 0 Å². The Morgan fingerprint density at radius 2 is 2.00 bits per heavy atom. The Hall–Kier alpha value is -1.11. The van der Waals surface area contributed by atoms with Crippen molar-refractivity contribution in [2.45, 2.75) is 45.4 Å². The lowest BCUT2D eigenvalue weighted by molar-refractivity contribution is -0.124. The van der Waals surface area contributed by atoms with Crippen molar-refractivity contribution in [1.29, 1.82) is 0 Å². The second kappa shape index (κ2) is 6.00. The van der Waals surface area contributed by atoms with Crippen LogP contribution in [0.5, 0.6) is 0 Å². The Balaban J connectivity index is 1.97. The van der Waals surface area contributed by atoms with Gasteiger partial charge in [-0.1, -0.05) is 50.1 Å². The largest absolute Gasteiger partial charge is 0.299 e. The molecule has 1 saturated carbocycles. The third-order valence-electron chi connectivity index (χ3n) is 3.61. The fraction of sp³-hybridized carbons (Fsp3) is 0.562. The van der Waals surface area contributed by atoms with Gasteiger partial charge in [-0.3, -0.25) is 4.79 Å². The van der Waals surface area contributed by atoms with E-state index in [9.17, 15) is 4.79 Å². The number of hydrogen-bond donors (Lipinski definition) is 0. The zero-order chi connectivity index (χ0) is 12.1. The first-order valence-electron chi connectivity index (χ1n) is 6.89. The topological polar surface area (TPSA) is 17.1 Å². The molecule has 0 radical (unpaired) electrons. The number of benzene rings is 1. The Morgan fingerprint density at radius 1 is 1.29 bits per heavy atom. The van der Waals surface area contributed by atoms with Gasteiger partial charge in [-0.05, 0) is 31.2 Å². The summed E-state index contributed by atoms with van der Waals surface area (Å²) in [4.78, 5) is 12.2. The van der Waals surface area contributed by atoms with E-state index in [-0.39, 0.29) is 5.92 Å². The molecular weight excluding hydrogens is 208 g/mol. The van der Waals surface area contributed by atoms with E-state index in [0.717, 1.165) is 25.7 Å². The van der Waals surface area contributed by atoms with Crippen LogP contribution in [0.25, 0.3) is 0 Å². The minimum Gasteiger partial charge on any atom is -0.299 e. The highest BCUT2D eigenvalue weighted by Crippen LogP contribution is 2.34. The minimum absolute atomic E-state index is 0.268.